The van der Waals surface area contributed by atoms with E-state index in [0.29, 0.717) is 0 Å². The van der Waals surface area contributed by atoms with Gasteiger partial charge in [-0.05, 0) is 18.2 Å². The third kappa shape index (κ3) is 2.07. The Morgan fingerprint density at radius 3 is 2.14 bits per heavy atom. The van der Waals surface area contributed by atoms with E-state index in [4.69, 9.17) is 0 Å². The zero-order chi connectivity index (χ0) is 15.0. The Hall–Kier alpha value is -2.67. The minimum atomic E-state index is -3.94. The quantitative estimate of drug-likeness (QED) is 0.724. The standard InChI is InChI=1S/C14H10N2O4S/c17-14-12-9-5-4-8-11(12)13(15-16(14)18)21(19,20)10-6-2-1-3-7-10/h1-9,18H. The molecule has 0 unspecified atom stereocenters. The Bertz CT molecular complexity index is 979. The third-order valence-corrected chi connectivity index (χ3v) is 4.77. The molecule has 1 N–H and O–H groups in total. The first-order valence-corrected chi connectivity index (χ1v) is 7.51. The molecule has 2 aromatic carbocycles. The summed E-state index contributed by atoms with van der Waals surface area (Å²) in [6, 6.07) is 13.8. The van der Waals surface area contributed by atoms with E-state index in [-0.39, 0.29) is 25.5 Å². The van der Waals surface area contributed by atoms with Crippen molar-refractivity contribution in [1.29, 1.82) is 0 Å². The van der Waals surface area contributed by atoms with Crippen LogP contribution in [0.3, 0.4) is 0 Å². The monoisotopic (exact) mass is 302 g/mol. The molecule has 21 heavy (non-hydrogen) atoms. The van der Waals surface area contributed by atoms with Crippen LogP contribution in [0.15, 0.2) is 69.3 Å². The van der Waals surface area contributed by atoms with Gasteiger partial charge in [0.15, 0.2) is 5.03 Å². The Kier molecular flexibility index (Phi) is 2.99. The first-order chi connectivity index (χ1) is 10.0. The number of hydrogen-bond acceptors (Lipinski definition) is 5. The predicted molar refractivity (Wildman–Crippen MR) is 75.1 cm³/mol. The van der Waals surface area contributed by atoms with Crippen molar-refractivity contribution in [3.05, 3.63) is 65.0 Å². The van der Waals surface area contributed by atoms with Gasteiger partial charge >= 0.3 is 5.56 Å². The summed E-state index contributed by atoms with van der Waals surface area (Å²) in [5.41, 5.74) is -0.766. The van der Waals surface area contributed by atoms with Crippen molar-refractivity contribution >= 4 is 20.6 Å². The Balaban J connectivity index is 2.42. The lowest BCUT2D eigenvalue weighted by molar-refractivity contribution is 0.130. The summed E-state index contributed by atoms with van der Waals surface area (Å²) in [7, 11) is -3.94. The summed E-state index contributed by atoms with van der Waals surface area (Å²) in [4.78, 5) is 11.9. The van der Waals surface area contributed by atoms with Crippen molar-refractivity contribution in [2.45, 2.75) is 9.92 Å². The van der Waals surface area contributed by atoms with E-state index in [1.165, 1.54) is 24.3 Å². The van der Waals surface area contributed by atoms with Crippen LogP contribution < -0.4 is 5.56 Å². The lowest BCUT2D eigenvalue weighted by atomic mass is 10.2. The van der Waals surface area contributed by atoms with Crippen LogP contribution >= 0.6 is 0 Å². The largest absolute Gasteiger partial charge is 0.409 e. The molecule has 7 heteroatoms. The molecular formula is C14H10N2O4S. The second kappa shape index (κ2) is 4.71. The molecule has 0 bridgehead atoms. The average Bonchev–Trinajstić information content (AvgIpc) is 2.51. The summed E-state index contributed by atoms with van der Waals surface area (Å²) < 4.78 is 25.2. The minimum Gasteiger partial charge on any atom is -0.409 e. The first kappa shape index (κ1) is 13.3. The molecule has 6 nitrogen and oxygen atoms in total. The molecule has 1 aromatic heterocycles. The van der Waals surface area contributed by atoms with Gasteiger partial charge in [0.25, 0.3) is 0 Å². The molecule has 0 fully saturated rings. The number of hydrogen-bond donors (Lipinski definition) is 1. The molecular weight excluding hydrogens is 292 g/mol. The van der Waals surface area contributed by atoms with Gasteiger partial charge in [0.2, 0.25) is 9.84 Å². The van der Waals surface area contributed by atoms with Crippen molar-refractivity contribution in [2.24, 2.45) is 0 Å². The molecule has 0 radical (unpaired) electrons. The SMILES string of the molecule is O=c1c2ccccc2c(S(=O)(=O)c2ccccc2)nn1O. The maximum Gasteiger partial charge on any atom is 0.310 e. The van der Waals surface area contributed by atoms with E-state index in [1.807, 2.05) is 0 Å². The van der Waals surface area contributed by atoms with Gasteiger partial charge in [-0.2, -0.15) is 0 Å². The van der Waals surface area contributed by atoms with E-state index in [1.54, 1.807) is 30.3 Å². The summed E-state index contributed by atoms with van der Waals surface area (Å²) in [6.07, 6.45) is 0. The topological polar surface area (TPSA) is 89.3 Å². The van der Waals surface area contributed by atoms with Crippen LogP contribution in [0.4, 0.5) is 0 Å². The summed E-state index contributed by atoms with van der Waals surface area (Å²) in [5, 5.41) is 13.0. The number of sulfone groups is 1. The molecule has 3 aromatic rings. The van der Waals surface area contributed by atoms with Gasteiger partial charge < -0.3 is 5.21 Å². The van der Waals surface area contributed by atoms with E-state index in [9.17, 15) is 18.4 Å². The van der Waals surface area contributed by atoms with Gasteiger partial charge in [0.1, 0.15) is 0 Å². The van der Waals surface area contributed by atoms with Gasteiger partial charge in [0, 0.05) is 5.39 Å². The predicted octanol–water partition coefficient (Wildman–Crippen LogP) is 1.47. The highest BCUT2D eigenvalue weighted by molar-refractivity contribution is 7.91. The molecule has 0 amide bonds. The van der Waals surface area contributed by atoms with Crippen molar-refractivity contribution in [3.63, 3.8) is 0 Å². The van der Waals surface area contributed by atoms with Gasteiger partial charge in [-0.25, -0.2) is 8.42 Å². The summed E-state index contributed by atoms with van der Waals surface area (Å²) in [5.74, 6) is 0. The van der Waals surface area contributed by atoms with E-state index in [0.717, 1.165) is 0 Å². The summed E-state index contributed by atoms with van der Waals surface area (Å²) >= 11 is 0. The highest BCUT2D eigenvalue weighted by Crippen LogP contribution is 2.24. The molecule has 0 saturated carbocycles. The van der Waals surface area contributed by atoms with Crippen LogP contribution in [0, 0.1) is 0 Å². The van der Waals surface area contributed by atoms with Crippen LogP contribution in [-0.2, 0) is 9.84 Å². The zero-order valence-corrected chi connectivity index (χ0v) is 11.5. The van der Waals surface area contributed by atoms with E-state index < -0.39 is 15.4 Å². The second-order valence-electron chi connectivity index (χ2n) is 4.36. The van der Waals surface area contributed by atoms with Gasteiger partial charge in [-0.1, -0.05) is 41.2 Å². The molecule has 106 valence electrons. The van der Waals surface area contributed by atoms with Crippen LogP contribution in [0.25, 0.3) is 10.8 Å². The van der Waals surface area contributed by atoms with Crippen LogP contribution in [0.2, 0.25) is 0 Å². The van der Waals surface area contributed by atoms with Gasteiger partial charge in [-0.15, -0.1) is 5.10 Å². The number of benzene rings is 2. The molecule has 3 rings (SSSR count). The molecule has 0 atom stereocenters. The maximum absolute atomic E-state index is 12.6. The molecule has 0 saturated heterocycles. The molecule has 0 aliphatic rings. The Labute approximate surface area is 119 Å². The fourth-order valence-electron chi connectivity index (χ4n) is 2.06. The third-order valence-electron chi connectivity index (χ3n) is 3.06. The molecule has 0 aliphatic carbocycles. The molecule has 0 spiro atoms. The number of nitrogens with zero attached hydrogens (tertiary/aromatic N) is 2. The van der Waals surface area contributed by atoms with Crippen LogP contribution in [0.5, 0.6) is 0 Å². The fraction of sp³-hybridized carbons (Fsp3) is 0. The highest BCUT2D eigenvalue weighted by Gasteiger charge is 2.24. The van der Waals surface area contributed by atoms with Crippen molar-refractivity contribution in [3.8, 4) is 0 Å². The normalized spacial score (nSPS) is 11.6. The number of rotatable bonds is 2. The first-order valence-electron chi connectivity index (χ1n) is 6.03. The average molecular weight is 302 g/mol. The number of fused-ring (bicyclic) bond motifs is 1. The van der Waals surface area contributed by atoms with Crippen molar-refractivity contribution < 1.29 is 13.6 Å². The van der Waals surface area contributed by atoms with Crippen LogP contribution in [0.1, 0.15) is 0 Å². The minimum absolute atomic E-state index is 0.0429. The number of aromatic nitrogens is 2. The van der Waals surface area contributed by atoms with Crippen molar-refractivity contribution in [1.82, 2.24) is 9.94 Å². The highest BCUT2D eigenvalue weighted by atomic mass is 32.2. The molecule has 0 aliphatic heterocycles. The maximum atomic E-state index is 12.6. The van der Waals surface area contributed by atoms with E-state index in [2.05, 4.69) is 5.10 Å². The Morgan fingerprint density at radius 1 is 0.905 bits per heavy atom. The second-order valence-corrected chi connectivity index (χ2v) is 6.23. The van der Waals surface area contributed by atoms with E-state index >= 15 is 0 Å². The lowest BCUT2D eigenvalue weighted by Crippen LogP contribution is -2.23. The lowest BCUT2D eigenvalue weighted by Gasteiger charge is -2.08. The molecule has 1 heterocycles. The van der Waals surface area contributed by atoms with Gasteiger partial charge in [-0.3, -0.25) is 4.79 Å². The van der Waals surface area contributed by atoms with Crippen molar-refractivity contribution in [2.75, 3.05) is 0 Å². The zero-order valence-electron chi connectivity index (χ0n) is 10.7. The fourth-order valence-corrected chi connectivity index (χ4v) is 3.45. The smallest absolute Gasteiger partial charge is 0.310 e. The Morgan fingerprint density at radius 2 is 1.48 bits per heavy atom. The van der Waals surface area contributed by atoms with Crippen LogP contribution in [-0.4, -0.2) is 23.6 Å². The summed E-state index contributed by atoms with van der Waals surface area (Å²) in [6.45, 7) is 0. The van der Waals surface area contributed by atoms with Gasteiger partial charge in [0.05, 0.1) is 10.3 Å².